The average Bonchev–Trinajstić information content (AvgIpc) is 4.03. The number of rotatable bonds is 4. The van der Waals surface area contributed by atoms with Crippen LogP contribution in [0.2, 0.25) is 0 Å². The standard InChI is InChI=1S/C58H35N3OS2/c1-2-14-34-32-46-35(31-33(34)13-1)27-28-38(36-15-3-4-16-37(36)46)39-29-30-45(55-54(39)40-17-5-8-22-47(40)62-55)58-60-56(43-20-11-25-50-52(43)41-18-6-9-23-48(41)63-50)59-57(61-58)44-21-12-26-51-53(44)42-19-7-10-24-49(42)64-51/h1-26,29-32,38H,27-28H2. The summed E-state index contributed by atoms with van der Waals surface area (Å²) >= 11 is 3.61. The van der Waals surface area contributed by atoms with E-state index in [0.29, 0.717) is 17.5 Å². The predicted octanol–water partition coefficient (Wildman–Crippen LogP) is 16.4. The fraction of sp³-hybridized carbons (Fsp3) is 0.0517. The Labute approximate surface area is 375 Å². The second kappa shape index (κ2) is 14.0. The quantitative estimate of drug-likeness (QED) is 0.177. The Balaban J connectivity index is 1.03. The van der Waals surface area contributed by atoms with Gasteiger partial charge in [-0.05, 0) is 93.9 Å². The molecular weight excluding hydrogens is 819 g/mol. The molecule has 1 aliphatic carbocycles. The average molecular weight is 854 g/mol. The van der Waals surface area contributed by atoms with Crippen molar-refractivity contribution in [2.45, 2.75) is 18.8 Å². The van der Waals surface area contributed by atoms with E-state index < -0.39 is 0 Å². The minimum Gasteiger partial charge on any atom is -0.455 e. The van der Waals surface area contributed by atoms with Crippen molar-refractivity contribution in [3.63, 3.8) is 0 Å². The van der Waals surface area contributed by atoms with E-state index in [4.69, 9.17) is 19.4 Å². The number of benzene rings is 9. The lowest BCUT2D eigenvalue weighted by Gasteiger charge is -2.20. The van der Waals surface area contributed by atoms with Crippen LogP contribution in [0.5, 0.6) is 0 Å². The van der Waals surface area contributed by atoms with E-state index in [1.54, 1.807) is 22.7 Å². The Morgan fingerprint density at radius 2 is 0.953 bits per heavy atom. The molecular formula is C58H35N3OS2. The van der Waals surface area contributed by atoms with Crippen LogP contribution in [0, 0.1) is 0 Å². The molecule has 9 aromatic carbocycles. The molecule has 6 heteroatoms. The number of para-hydroxylation sites is 1. The molecule has 4 aromatic heterocycles. The second-order valence-electron chi connectivity index (χ2n) is 16.9. The Kier molecular flexibility index (Phi) is 7.88. The molecule has 0 amide bonds. The maximum Gasteiger partial charge on any atom is 0.167 e. The van der Waals surface area contributed by atoms with Gasteiger partial charge in [0.25, 0.3) is 0 Å². The summed E-state index contributed by atoms with van der Waals surface area (Å²) in [6.07, 6.45) is 1.93. The third-order valence-corrected chi connectivity index (χ3v) is 15.7. The highest BCUT2D eigenvalue weighted by Gasteiger charge is 2.29. The highest BCUT2D eigenvalue weighted by Crippen LogP contribution is 2.48. The van der Waals surface area contributed by atoms with Crippen LogP contribution in [0.15, 0.2) is 186 Å². The summed E-state index contributed by atoms with van der Waals surface area (Å²) in [4.78, 5) is 16.3. The minimum atomic E-state index is 0.127. The van der Waals surface area contributed by atoms with E-state index in [2.05, 4.69) is 182 Å². The normalized spacial score (nSPS) is 14.0. The number of nitrogens with zero attached hydrogens (tertiary/aromatic N) is 3. The number of fused-ring (bicyclic) bond motifs is 13. The molecule has 0 aliphatic heterocycles. The number of hydrogen-bond acceptors (Lipinski definition) is 6. The fourth-order valence-corrected chi connectivity index (χ4v) is 12.8. The van der Waals surface area contributed by atoms with E-state index in [9.17, 15) is 0 Å². The Bertz CT molecular complexity index is 3930. The molecule has 13 aromatic rings. The van der Waals surface area contributed by atoms with Gasteiger partial charge in [0.15, 0.2) is 17.5 Å². The summed E-state index contributed by atoms with van der Waals surface area (Å²) in [5, 5.41) is 9.50. The highest BCUT2D eigenvalue weighted by atomic mass is 32.1. The maximum absolute atomic E-state index is 7.03. The first-order chi connectivity index (χ1) is 31.7. The van der Waals surface area contributed by atoms with Crippen molar-refractivity contribution in [2.24, 2.45) is 0 Å². The number of aryl methyl sites for hydroxylation is 1. The lowest BCUT2D eigenvalue weighted by Crippen LogP contribution is -2.04. The van der Waals surface area contributed by atoms with Gasteiger partial charge in [-0.1, -0.05) is 140 Å². The topological polar surface area (TPSA) is 51.8 Å². The van der Waals surface area contributed by atoms with Crippen molar-refractivity contribution in [3.8, 4) is 45.3 Å². The molecule has 0 saturated heterocycles. The molecule has 1 aliphatic rings. The molecule has 14 rings (SSSR count). The van der Waals surface area contributed by atoms with Gasteiger partial charge < -0.3 is 4.42 Å². The summed E-state index contributed by atoms with van der Waals surface area (Å²) in [5.74, 6) is 2.00. The van der Waals surface area contributed by atoms with Gasteiger partial charge >= 0.3 is 0 Å². The molecule has 0 N–H and O–H groups in total. The van der Waals surface area contributed by atoms with E-state index in [-0.39, 0.29) is 5.92 Å². The molecule has 0 radical (unpaired) electrons. The lowest BCUT2D eigenvalue weighted by molar-refractivity contribution is 0.668. The van der Waals surface area contributed by atoms with Gasteiger partial charge in [0.05, 0.1) is 5.56 Å². The van der Waals surface area contributed by atoms with Crippen LogP contribution >= 0.6 is 22.7 Å². The van der Waals surface area contributed by atoms with E-state index in [1.807, 2.05) is 0 Å². The van der Waals surface area contributed by atoms with Crippen molar-refractivity contribution in [1.29, 1.82) is 0 Å². The number of aromatic nitrogens is 3. The largest absolute Gasteiger partial charge is 0.455 e. The molecule has 300 valence electrons. The molecule has 0 fully saturated rings. The zero-order valence-electron chi connectivity index (χ0n) is 34.4. The third kappa shape index (κ3) is 5.43. The van der Waals surface area contributed by atoms with Crippen molar-refractivity contribution in [2.75, 3.05) is 0 Å². The van der Waals surface area contributed by atoms with Crippen LogP contribution in [0.25, 0.3) is 118 Å². The smallest absolute Gasteiger partial charge is 0.167 e. The zero-order valence-corrected chi connectivity index (χ0v) is 36.0. The monoisotopic (exact) mass is 853 g/mol. The van der Waals surface area contributed by atoms with Crippen LogP contribution in [0.3, 0.4) is 0 Å². The molecule has 0 saturated carbocycles. The van der Waals surface area contributed by atoms with Crippen molar-refractivity contribution < 1.29 is 4.42 Å². The summed E-state index contributed by atoms with van der Waals surface area (Å²) in [7, 11) is 0. The van der Waals surface area contributed by atoms with Crippen LogP contribution in [-0.2, 0) is 6.42 Å². The summed E-state index contributed by atoms with van der Waals surface area (Å²) in [5.41, 5.74) is 11.1. The van der Waals surface area contributed by atoms with Gasteiger partial charge in [-0.3, -0.25) is 0 Å². The summed E-state index contributed by atoms with van der Waals surface area (Å²) < 4.78 is 11.9. The first kappa shape index (κ1) is 36.0. The molecule has 1 unspecified atom stereocenters. The molecule has 64 heavy (non-hydrogen) atoms. The van der Waals surface area contributed by atoms with E-state index >= 15 is 0 Å². The number of furan rings is 1. The Hall–Kier alpha value is -7.51. The van der Waals surface area contributed by atoms with Gasteiger partial charge in [-0.15, -0.1) is 22.7 Å². The van der Waals surface area contributed by atoms with Crippen molar-refractivity contribution in [3.05, 3.63) is 199 Å². The highest BCUT2D eigenvalue weighted by molar-refractivity contribution is 7.26. The van der Waals surface area contributed by atoms with Crippen LogP contribution < -0.4 is 0 Å². The van der Waals surface area contributed by atoms with Crippen LogP contribution in [-0.4, -0.2) is 15.0 Å². The molecule has 4 heterocycles. The second-order valence-corrected chi connectivity index (χ2v) is 19.1. The van der Waals surface area contributed by atoms with E-state index in [1.165, 1.54) is 68.2 Å². The first-order valence-corrected chi connectivity index (χ1v) is 23.5. The van der Waals surface area contributed by atoms with Crippen LogP contribution in [0.4, 0.5) is 0 Å². The van der Waals surface area contributed by atoms with Gasteiger partial charge in [-0.2, -0.15) is 0 Å². The van der Waals surface area contributed by atoms with Crippen molar-refractivity contribution in [1.82, 2.24) is 15.0 Å². The summed E-state index contributed by atoms with van der Waals surface area (Å²) in [6, 6.07) is 65.8. The molecule has 1 atom stereocenters. The van der Waals surface area contributed by atoms with Gasteiger partial charge in [0.1, 0.15) is 11.2 Å². The lowest BCUT2D eigenvalue weighted by atomic mass is 9.83. The van der Waals surface area contributed by atoms with Crippen LogP contribution in [0.1, 0.15) is 29.0 Å². The SMILES string of the molecule is c1ccc2c(c1)-c1cc3ccccc3cc1CCC2c1ccc(-c2nc(-c3cccc4sc5ccccc5c34)nc(-c3cccc4sc5ccccc5c34)n2)c2oc3ccccc3c12. The van der Waals surface area contributed by atoms with Gasteiger partial charge in [0.2, 0.25) is 0 Å². The van der Waals surface area contributed by atoms with Crippen molar-refractivity contribution >= 4 is 95.7 Å². The number of hydrogen-bond donors (Lipinski definition) is 0. The van der Waals surface area contributed by atoms with Gasteiger partial charge in [-0.25, -0.2) is 15.0 Å². The molecule has 4 nitrogen and oxygen atoms in total. The minimum absolute atomic E-state index is 0.127. The molecule has 0 spiro atoms. The first-order valence-electron chi connectivity index (χ1n) is 21.8. The fourth-order valence-electron chi connectivity index (χ4n) is 10.5. The van der Waals surface area contributed by atoms with E-state index in [0.717, 1.165) is 62.2 Å². The Morgan fingerprint density at radius 1 is 0.406 bits per heavy atom. The Morgan fingerprint density at radius 3 is 1.66 bits per heavy atom. The summed E-state index contributed by atoms with van der Waals surface area (Å²) in [6.45, 7) is 0. The number of thiophene rings is 2. The third-order valence-electron chi connectivity index (χ3n) is 13.4. The maximum atomic E-state index is 7.03. The predicted molar refractivity (Wildman–Crippen MR) is 269 cm³/mol. The molecule has 0 bridgehead atoms. The van der Waals surface area contributed by atoms with Gasteiger partial charge in [0, 0.05) is 68.2 Å². The zero-order chi connectivity index (χ0) is 41.9.